The summed E-state index contributed by atoms with van der Waals surface area (Å²) >= 11 is 0. The summed E-state index contributed by atoms with van der Waals surface area (Å²) < 4.78 is 11.2. The van der Waals surface area contributed by atoms with E-state index in [2.05, 4.69) is 12.0 Å². The summed E-state index contributed by atoms with van der Waals surface area (Å²) in [4.78, 5) is 0. The molecule has 0 spiro atoms. The second-order valence-corrected chi connectivity index (χ2v) is 3.66. The van der Waals surface area contributed by atoms with E-state index in [-0.39, 0.29) is 0 Å². The molecule has 0 aromatic heterocycles. The van der Waals surface area contributed by atoms with E-state index in [9.17, 15) is 0 Å². The molecule has 0 saturated carbocycles. The third kappa shape index (κ3) is 3.66. The Morgan fingerprint density at radius 3 is 2.59 bits per heavy atom. The van der Waals surface area contributed by atoms with Crippen molar-refractivity contribution in [1.29, 1.82) is 0 Å². The largest absolute Gasteiger partial charge is 0.490 e. The average Bonchev–Trinajstić information content (AvgIpc) is 2.36. The maximum atomic E-state index is 5.61. The lowest BCUT2D eigenvalue weighted by molar-refractivity contribution is 0.277. The fourth-order valence-electron chi connectivity index (χ4n) is 1.41. The van der Waals surface area contributed by atoms with Gasteiger partial charge in [0, 0.05) is 5.56 Å². The van der Waals surface area contributed by atoms with Crippen molar-refractivity contribution in [2.24, 2.45) is 10.9 Å². The zero-order valence-electron chi connectivity index (χ0n) is 10.7. The van der Waals surface area contributed by atoms with Gasteiger partial charge in [0.2, 0.25) is 0 Å². The lowest BCUT2D eigenvalue weighted by atomic mass is 10.1. The number of hydrogen-bond acceptors (Lipinski definition) is 4. The van der Waals surface area contributed by atoms with Crippen LogP contribution in [0.3, 0.4) is 0 Å². The molecule has 0 unspecified atom stereocenters. The van der Waals surface area contributed by atoms with Crippen LogP contribution < -0.4 is 15.3 Å². The van der Waals surface area contributed by atoms with Crippen LogP contribution in [0.4, 0.5) is 0 Å². The predicted molar refractivity (Wildman–Crippen MR) is 69.8 cm³/mol. The molecular formula is C13H20N2O2. The third-order valence-corrected chi connectivity index (χ3v) is 2.32. The molecule has 0 radical (unpaired) electrons. The summed E-state index contributed by atoms with van der Waals surface area (Å²) in [5, 5.41) is 3.67. The first-order valence-corrected chi connectivity index (χ1v) is 5.87. The summed E-state index contributed by atoms with van der Waals surface area (Å²) in [6.07, 6.45) is 0.969. The Morgan fingerprint density at radius 1 is 1.24 bits per heavy atom. The number of rotatable bonds is 6. The summed E-state index contributed by atoms with van der Waals surface area (Å²) in [7, 11) is 0. The molecule has 0 amide bonds. The van der Waals surface area contributed by atoms with Crippen LogP contribution in [0, 0.1) is 0 Å². The Kier molecular flexibility index (Phi) is 5.33. The molecule has 17 heavy (non-hydrogen) atoms. The fourth-order valence-corrected chi connectivity index (χ4v) is 1.41. The molecule has 0 aliphatic rings. The number of hydrazone groups is 1. The first-order chi connectivity index (χ1) is 8.22. The van der Waals surface area contributed by atoms with Gasteiger partial charge in [0.1, 0.15) is 0 Å². The minimum Gasteiger partial charge on any atom is -0.490 e. The van der Waals surface area contributed by atoms with Gasteiger partial charge in [-0.15, -0.1) is 0 Å². The van der Waals surface area contributed by atoms with Crippen LogP contribution in [0.25, 0.3) is 0 Å². The Hall–Kier alpha value is -1.71. The van der Waals surface area contributed by atoms with Crippen molar-refractivity contribution in [2.75, 3.05) is 13.2 Å². The predicted octanol–water partition coefficient (Wildman–Crippen LogP) is 2.56. The highest BCUT2D eigenvalue weighted by Gasteiger charge is 2.07. The zero-order chi connectivity index (χ0) is 12.7. The van der Waals surface area contributed by atoms with Crippen LogP contribution >= 0.6 is 0 Å². The minimum absolute atomic E-state index is 0.602. The Balaban J connectivity index is 2.99. The lowest BCUT2D eigenvalue weighted by Crippen LogP contribution is -2.03. The molecule has 94 valence electrons. The van der Waals surface area contributed by atoms with E-state index in [1.54, 1.807) is 0 Å². The molecule has 0 atom stereocenters. The van der Waals surface area contributed by atoms with Gasteiger partial charge in [0.05, 0.1) is 18.9 Å². The molecule has 1 rings (SSSR count). The summed E-state index contributed by atoms with van der Waals surface area (Å²) in [6.45, 7) is 7.16. The van der Waals surface area contributed by atoms with Crippen LogP contribution in [-0.4, -0.2) is 18.9 Å². The first-order valence-electron chi connectivity index (χ1n) is 5.87. The van der Waals surface area contributed by atoms with Gasteiger partial charge >= 0.3 is 0 Å². The first kappa shape index (κ1) is 13.4. The average molecular weight is 236 g/mol. The fraction of sp³-hybridized carbons (Fsp3) is 0.462. The van der Waals surface area contributed by atoms with Gasteiger partial charge in [-0.25, -0.2) is 0 Å². The second-order valence-electron chi connectivity index (χ2n) is 3.66. The van der Waals surface area contributed by atoms with Crippen molar-refractivity contribution in [1.82, 2.24) is 0 Å². The van der Waals surface area contributed by atoms with Gasteiger partial charge in [0.15, 0.2) is 11.5 Å². The highest BCUT2D eigenvalue weighted by molar-refractivity contribution is 5.99. The van der Waals surface area contributed by atoms with Gasteiger partial charge in [0.25, 0.3) is 0 Å². The molecule has 4 heteroatoms. The van der Waals surface area contributed by atoms with Crippen molar-refractivity contribution in [3.8, 4) is 11.5 Å². The molecule has 0 bridgehead atoms. The van der Waals surface area contributed by atoms with E-state index >= 15 is 0 Å². The summed E-state index contributed by atoms with van der Waals surface area (Å²) in [5.74, 6) is 6.77. The van der Waals surface area contributed by atoms with E-state index in [0.29, 0.717) is 13.2 Å². The monoisotopic (exact) mass is 236 g/mol. The number of hydrogen-bond donors (Lipinski definition) is 1. The number of nitrogens with two attached hydrogens (primary N) is 1. The van der Waals surface area contributed by atoms with Crippen molar-refractivity contribution in [3.05, 3.63) is 23.8 Å². The van der Waals surface area contributed by atoms with Crippen LogP contribution in [0.5, 0.6) is 11.5 Å². The number of nitrogens with zero attached hydrogens (tertiary/aromatic N) is 1. The third-order valence-electron chi connectivity index (χ3n) is 2.32. The van der Waals surface area contributed by atoms with Gasteiger partial charge < -0.3 is 15.3 Å². The molecule has 0 saturated heterocycles. The lowest BCUT2D eigenvalue weighted by Gasteiger charge is -2.12. The van der Waals surface area contributed by atoms with E-state index in [0.717, 1.165) is 29.2 Å². The molecule has 0 fully saturated rings. The van der Waals surface area contributed by atoms with E-state index in [1.807, 2.05) is 32.0 Å². The Bertz CT molecular complexity index is 389. The van der Waals surface area contributed by atoms with Crippen molar-refractivity contribution in [2.45, 2.75) is 27.2 Å². The summed E-state index contributed by atoms with van der Waals surface area (Å²) in [5.41, 5.74) is 1.72. The summed E-state index contributed by atoms with van der Waals surface area (Å²) in [6, 6.07) is 5.73. The zero-order valence-corrected chi connectivity index (χ0v) is 10.7. The van der Waals surface area contributed by atoms with Gasteiger partial charge in [-0.3, -0.25) is 0 Å². The molecule has 4 nitrogen and oxygen atoms in total. The number of benzene rings is 1. The standard InChI is InChI=1S/C13H20N2O2/c1-4-8-17-12-7-6-11(10(3)15-14)9-13(12)16-5-2/h6-7,9H,4-5,8,14H2,1-3H3. The second kappa shape index (κ2) is 6.78. The topological polar surface area (TPSA) is 56.8 Å². The SMILES string of the molecule is CCCOc1ccc(C(C)=NN)cc1OCC. The highest BCUT2D eigenvalue weighted by atomic mass is 16.5. The highest BCUT2D eigenvalue weighted by Crippen LogP contribution is 2.28. The molecule has 0 aliphatic carbocycles. The maximum absolute atomic E-state index is 5.61. The van der Waals surface area contributed by atoms with E-state index in [1.165, 1.54) is 0 Å². The van der Waals surface area contributed by atoms with Gasteiger partial charge in [-0.2, -0.15) is 5.10 Å². The maximum Gasteiger partial charge on any atom is 0.161 e. The molecule has 0 aliphatic heterocycles. The van der Waals surface area contributed by atoms with E-state index in [4.69, 9.17) is 15.3 Å². The van der Waals surface area contributed by atoms with Gasteiger partial charge in [-0.1, -0.05) is 6.92 Å². The van der Waals surface area contributed by atoms with Crippen molar-refractivity contribution < 1.29 is 9.47 Å². The van der Waals surface area contributed by atoms with Crippen LogP contribution in [0.15, 0.2) is 23.3 Å². The normalized spacial score (nSPS) is 11.4. The molecule has 0 heterocycles. The smallest absolute Gasteiger partial charge is 0.161 e. The van der Waals surface area contributed by atoms with E-state index < -0.39 is 0 Å². The van der Waals surface area contributed by atoms with Crippen molar-refractivity contribution >= 4 is 5.71 Å². The van der Waals surface area contributed by atoms with Crippen LogP contribution in [0.1, 0.15) is 32.8 Å². The molecule has 1 aromatic carbocycles. The van der Waals surface area contributed by atoms with Crippen molar-refractivity contribution in [3.63, 3.8) is 0 Å². The minimum atomic E-state index is 0.602. The molecule has 2 N–H and O–H groups in total. The quantitative estimate of drug-likeness (QED) is 0.469. The Labute approximate surface area is 102 Å². The molecular weight excluding hydrogens is 216 g/mol. The molecule has 1 aromatic rings. The van der Waals surface area contributed by atoms with Crippen LogP contribution in [0.2, 0.25) is 0 Å². The van der Waals surface area contributed by atoms with Gasteiger partial charge in [-0.05, 0) is 38.5 Å². The number of ether oxygens (including phenoxy) is 2. The Morgan fingerprint density at radius 2 is 2.00 bits per heavy atom. The van der Waals surface area contributed by atoms with Crippen LogP contribution in [-0.2, 0) is 0 Å².